The van der Waals surface area contributed by atoms with Gasteiger partial charge in [0.2, 0.25) is 0 Å². The van der Waals surface area contributed by atoms with Crippen LogP contribution in [0.15, 0.2) is 30.3 Å². The van der Waals surface area contributed by atoms with Crippen LogP contribution >= 0.6 is 11.6 Å². The number of halogens is 1. The van der Waals surface area contributed by atoms with Gasteiger partial charge in [-0.2, -0.15) is 0 Å². The Bertz CT molecular complexity index is 407. The summed E-state index contributed by atoms with van der Waals surface area (Å²) in [6.45, 7) is 0. The maximum Gasteiger partial charge on any atom is 0.303 e. The molecule has 0 fully saturated rings. The summed E-state index contributed by atoms with van der Waals surface area (Å²) >= 11 is 5.70. The number of aliphatic carboxylic acids is 1. The van der Waals surface area contributed by atoms with Gasteiger partial charge in [-0.3, -0.25) is 9.59 Å². The largest absolute Gasteiger partial charge is 0.481 e. The van der Waals surface area contributed by atoms with Crippen LogP contribution < -0.4 is 0 Å². The summed E-state index contributed by atoms with van der Waals surface area (Å²) in [5.41, 5.74) is 0.855. The first kappa shape index (κ1) is 12.5. The lowest BCUT2D eigenvalue weighted by molar-refractivity contribution is -0.138. The van der Waals surface area contributed by atoms with Gasteiger partial charge < -0.3 is 5.11 Å². The molecule has 0 spiro atoms. The van der Waals surface area contributed by atoms with Crippen LogP contribution in [0.2, 0.25) is 5.02 Å². The third kappa shape index (κ3) is 4.75. The van der Waals surface area contributed by atoms with Crippen molar-refractivity contribution in [2.75, 3.05) is 0 Å². The maximum atomic E-state index is 11.2. The Morgan fingerprint density at radius 1 is 1.19 bits per heavy atom. The second-order valence-corrected chi connectivity index (χ2v) is 3.68. The minimum Gasteiger partial charge on any atom is -0.481 e. The number of hydrogen-bond donors (Lipinski definition) is 1. The van der Waals surface area contributed by atoms with Crippen molar-refractivity contribution in [3.05, 3.63) is 40.9 Å². The van der Waals surface area contributed by atoms with Crippen LogP contribution in [0.4, 0.5) is 0 Å². The SMILES string of the molecule is O=C(O)CCC(=O)C=Cc1ccc(Cl)cc1. The summed E-state index contributed by atoms with van der Waals surface area (Å²) in [5, 5.41) is 9.02. The van der Waals surface area contributed by atoms with Crippen molar-refractivity contribution >= 4 is 29.4 Å². The number of allylic oxidation sites excluding steroid dienone is 1. The molecule has 3 nitrogen and oxygen atoms in total. The summed E-state index contributed by atoms with van der Waals surface area (Å²) in [5.74, 6) is -1.16. The van der Waals surface area contributed by atoms with Gasteiger partial charge in [0.05, 0.1) is 6.42 Å². The molecule has 0 saturated carbocycles. The highest BCUT2D eigenvalue weighted by Gasteiger charge is 2.01. The van der Waals surface area contributed by atoms with E-state index in [2.05, 4.69) is 0 Å². The molecule has 4 heteroatoms. The van der Waals surface area contributed by atoms with Crippen molar-refractivity contribution in [3.8, 4) is 0 Å². The van der Waals surface area contributed by atoms with Gasteiger partial charge >= 0.3 is 5.97 Å². The van der Waals surface area contributed by atoms with Crippen molar-refractivity contribution in [1.82, 2.24) is 0 Å². The molecule has 0 heterocycles. The fourth-order valence-corrected chi connectivity index (χ4v) is 1.20. The molecule has 0 aliphatic carbocycles. The predicted octanol–water partition coefficient (Wildman–Crippen LogP) is 2.79. The molecule has 0 radical (unpaired) electrons. The first-order valence-electron chi connectivity index (χ1n) is 4.76. The summed E-state index contributed by atoms with van der Waals surface area (Å²) in [6.07, 6.45) is 2.91. The number of carboxylic acid groups (broad SMARTS) is 1. The topological polar surface area (TPSA) is 54.4 Å². The van der Waals surface area contributed by atoms with E-state index in [1.807, 2.05) is 0 Å². The van der Waals surface area contributed by atoms with Crippen LogP contribution in [0.1, 0.15) is 18.4 Å². The molecule has 0 amide bonds. The van der Waals surface area contributed by atoms with Gasteiger partial charge in [0.25, 0.3) is 0 Å². The van der Waals surface area contributed by atoms with Crippen molar-refractivity contribution in [1.29, 1.82) is 0 Å². The molecule has 0 saturated heterocycles. The average molecular weight is 239 g/mol. The lowest BCUT2D eigenvalue weighted by Crippen LogP contribution is -1.99. The highest BCUT2D eigenvalue weighted by molar-refractivity contribution is 6.30. The average Bonchev–Trinajstić information content (AvgIpc) is 2.25. The highest BCUT2D eigenvalue weighted by Crippen LogP contribution is 2.10. The van der Waals surface area contributed by atoms with Crippen LogP contribution in [0.3, 0.4) is 0 Å². The lowest BCUT2D eigenvalue weighted by Gasteiger charge is -1.94. The standard InChI is InChI=1S/C12H11ClO3/c13-10-4-1-9(2-5-10)3-6-11(14)7-8-12(15)16/h1-6H,7-8H2,(H,15,16). The summed E-state index contributed by atoms with van der Waals surface area (Å²) in [6, 6.07) is 7.01. The Morgan fingerprint density at radius 3 is 2.38 bits per heavy atom. The second kappa shape index (κ2) is 6.08. The zero-order chi connectivity index (χ0) is 12.0. The van der Waals surface area contributed by atoms with Gasteiger partial charge in [-0.15, -0.1) is 0 Å². The summed E-state index contributed by atoms with van der Waals surface area (Å²) in [7, 11) is 0. The lowest BCUT2D eigenvalue weighted by atomic mass is 10.1. The molecule has 1 aromatic carbocycles. The fourth-order valence-electron chi connectivity index (χ4n) is 1.08. The van der Waals surface area contributed by atoms with E-state index in [0.717, 1.165) is 5.56 Å². The molecule has 84 valence electrons. The molecule has 0 aliphatic rings. The van der Waals surface area contributed by atoms with Crippen LogP contribution in [-0.4, -0.2) is 16.9 Å². The first-order chi connectivity index (χ1) is 7.58. The molecule has 0 aromatic heterocycles. The van der Waals surface area contributed by atoms with Gasteiger partial charge in [-0.05, 0) is 23.8 Å². The van der Waals surface area contributed by atoms with E-state index in [9.17, 15) is 9.59 Å². The normalized spacial score (nSPS) is 10.6. The molecular weight excluding hydrogens is 228 g/mol. The number of rotatable bonds is 5. The van der Waals surface area contributed by atoms with Crippen molar-refractivity contribution in [2.45, 2.75) is 12.8 Å². The van der Waals surface area contributed by atoms with Crippen LogP contribution in [-0.2, 0) is 9.59 Å². The summed E-state index contributed by atoms with van der Waals surface area (Å²) in [4.78, 5) is 21.4. The minimum absolute atomic E-state index is 0.0272. The van der Waals surface area contributed by atoms with Crippen molar-refractivity contribution in [2.24, 2.45) is 0 Å². The van der Waals surface area contributed by atoms with E-state index in [-0.39, 0.29) is 18.6 Å². The van der Waals surface area contributed by atoms with Gasteiger partial charge in [-0.25, -0.2) is 0 Å². The van der Waals surface area contributed by atoms with E-state index in [1.165, 1.54) is 6.08 Å². The van der Waals surface area contributed by atoms with E-state index < -0.39 is 5.97 Å². The highest BCUT2D eigenvalue weighted by atomic mass is 35.5. The molecule has 0 unspecified atom stereocenters. The van der Waals surface area contributed by atoms with E-state index in [0.29, 0.717) is 5.02 Å². The molecule has 0 atom stereocenters. The third-order valence-corrected chi connectivity index (χ3v) is 2.17. The molecule has 1 rings (SSSR count). The quantitative estimate of drug-likeness (QED) is 0.803. The number of benzene rings is 1. The van der Waals surface area contributed by atoms with E-state index >= 15 is 0 Å². The van der Waals surface area contributed by atoms with Gasteiger partial charge in [0.1, 0.15) is 0 Å². The molecule has 0 bridgehead atoms. The number of carbonyl (C=O) groups is 2. The Hall–Kier alpha value is -1.61. The van der Waals surface area contributed by atoms with Crippen molar-refractivity contribution in [3.63, 3.8) is 0 Å². The van der Waals surface area contributed by atoms with E-state index in [1.54, 1.807) is 30.3 Å². The zero-order valence-corrected chi connectivity index (χ0v) is 9.28. The number of carbonyl (C=O) groups excluding carboxylic acids is 1. The third-order valence-electron chi connectivity index (χ3n) is 1.92. The maximum absolute atomic E-state index is 11.2. The number of hydrogen-bond acceptors (Lipinski definition) is 2. The van der Waals surface area contributed by atoms with Crippen molar-refractivity contribution < 1.29 is 14.7 Å². The molecule has 1 aromatic rings. The van der Waals surface area contributed by atoms with Crippen LogP contribution in [0.25, 0.3) is 6.08 Å². The Morgan fingerprint density at radius 2 is 1.81 bits per heavy atom. The molecule has 16 heavy (non-hydrogen) atoms. The summed E-state index contributed by atoms with van der Waals surface area (Å²) < 4.78 is 0. The Balaban J connectivity index is 2.50. The van der Waals surface area contributed by atoms with E-state index in [4.69, 9.17) is 16.7 Å². The predicted molar refractivity (Wildman–Crippen MR) is 62.4 cm³/mol. The molecule has 0 aliphatic heterocycles. The van der Waals surface area contributed by atoms with Gasteiger partial charge in [0.15, 0.2) is 5.78 Å². The molecular formula is C12H11ClO3. The molecule has 1 N–H and O–H groups in total. The number of carboxylic acids is 1. The fraction of sp³-hybridized carbons (Fsp3) is 0.167. The number of ketones is 1. The van der Waals surface area contributed by atoms with Gasteiger partial charge in [0, 0.05) is 11.4 Å². The van der Waals surface area contributed by atoms with Crippen LogP contribution in [0.5, 0.6) is 0 Å². The zero-order valence-electron chi connectivity index (χ0n) is 8.52. The minimum atomic E-state index is -0.965. The van der Waals surface area contributed by atoms with Gasteiger partial charge in [-0.1, -0.05) is 29.8 Å². The Labute approximate surface area is 98.4 Å². The monoisotopic (exact) mass is 238 g/mol. The first-order valence-corrected chi connectivity index (χ1v) is 5.14. The van der Waals surface area contributed by atoms with Crippen LogP contribution in [0, 0.1) is 0 Å². The smallest absolute Gasteiger partial charge is 0.303 e. The Kier molecular flexibility index (Phi) is 4.73. The second-order valence-electron chi connectivity index (χ2n) is 3.24.